The summed E-state index contributed by atoms with van der Waals surface area (Å²) in [7, 11) is 0. The molecule has 0 unspecified atom stereocenters. The quantitative estimate of drug-likeness (QED) is 0.583. The molecule has 1 aliphatic heterocycles. The topological polar surface area (TPSA) is 30.5 Å². The Morgan fingerprint density at radius 3 is 2.55 bits per heavy atom. The van der Waals surface area contributed by atoms with Crippen LogP contribution in [0, 0.1) is 0 Å². The van der Waals surface area contributed by atoms with E-state index in [1.807, 2.05) is 0 Å². The molecule has 1 aromatic carbocycles. The average molecular weight is 295 g/mol. The fourth-order valence-corrected chi connectivity index (χ4v) is 2.96. The first-order valence-corrected chi connectivity index (χ1v) is 8.75. The van der Waals surface area contributed by atoms with Crippen LogP contribution in [0.15, 0.2) is 17.0 Å². The molecule has 0 radical (unpaired) electrons. The normalized spacial score (nSPS) is 13.5. The van der Waals surface area contributed by atoms with Crippen molar-refractivity contribution in [2.75, 3.05) is 26.0 Å². The Kier molecular flexibility index (Phi) is 6.54. The Labute approximate surface area is 126 Å². The van der Waals surface area contributed by atoms with Crippen molar-refractivity contribution in [2.45, 2.75) is 44.0 Å². The molecule has 0 spiro atoms. The van der Waals surface area contributed by atoms with Crippen LogP contribution in [0.3, 0.4) is 0 Å². The highest BCUT2D eigenvalue weighted by molar-refractivity contribution is 7.98. The van der Waals surface area contributed by atoms with E-state index in [9.17, 15) is 0 Å². The van der Waals surface area contributed by atoms with Crippen molar-refractivity contribution < 1.29 is 9.47 Å². The Morgan fingerprint density at radius 2 is 1.85 bits per heavy atom. The fraction of sp³-hybridized carbons (Fsp3) is 0.625. The number of benzene rings is 1. The molecule has 1 heterocycles. The molecular weight excluding hydrogens is 270 g/mol. The second kappa shape index (κ2) is 8.42. The lowest BCUT2D eigenvalue weighted by molar-refractivity contribution is 0.171. The first-order valence-electron chi connectivity index (χ1n) is 7.52. The van der Waals surface area contributed by atoms with Gasteiger partial charge >= 0.3 is 0 Å². The summed E-state index contributed by atoms with van der Waals surface area (Å²) in [6.45, 7) is 5.53. The lowest BCUT2D eigenvalue weighted by Crippen LogP contribution is -2.18. The van der Waals surface area contributed by atoms with Crippen molar-refractivity contribution in [3.63, 3.8) is 0 Å². The van der Waals surface area contributed by atoms with Crippen molar-refractivity contribution >= 4 is 11.8 Å². The molecule has 0 saturated carbocycles. The maximum atomic E-state index is 5.66. The second-order valence-electron chi connectivity index (χ2n) is 5.05. The van der Waals surface area contributed by atoms with E-state index in [1.165, 1.54) is 36.1 Å². The Bertz CT molecular complexity index is 423. The van der Waals surface area contributed by atoms with Gasteiger partial charge in [-0.1, -0.05) is 26.2 Å². The molecule has 1 aliphatic rings. The van der Waals surface area contributed by atoms with E-state index in [2.05, 4.69) is 30.6 Å². The standard InChI is InChI=1S/C16H25NO2S/c1-3-4-5-6-7-17-12-13-10-14-15(11-16(13)20-2)19-9-8-18-14/h10-11,17H,3-9,12H2,1-2H3. The molecule has 0 aromatic heterocycles. The van der Waals surface area contributed by atoms with Crippen molar-refractivity contribution in [2.24, 2.45) is 0 Å². The largest absolute Gasteiger partial charge is 0.486 e. The number of rotatable bonds is 8. The average Bonchev–Trinajstić information content (AvgIpc) is 2.50. The molecule has 0 aliphatic carbocycles. The molecule has 1 N–H and O–H groups in total. The highest BCUT2D eigenvalue weighted by Crippen LogP contribution is 2.36. The van der Waals surface area contributed by atoms with Crippen LogP contribution >= 0.6 is 11.8 Å². The van der Waals surface area contributed by atoms with E-state index in [0.29, 0.717) is 13.2 Å². The molecule has 112 valence electrons. The molecule has 0 fully saturated rings. The minimum absolute atomic E-state index is 0.648. The Morgan fingerprint density at radius 1 is 1.10 bits per heavy atom. The molecule has 0 atom stereocenters. The van der Waals surface area contributed by atoms with Gasteiger partial charge in [-0.15, -0.1) is 11.8 Å². The highest BCUT2D eigenvalue weighted by atomic mass is 32.2. The molecule has 20 heavy (non-hydrogen) atoms. The maximum Gasteiger partial charge on any atom is 0.162 e. The number of fused-ring (bicyclic) bond motifs is 1. The predicted octanol–water partition coefficient (Wildman–Crippen LogP) is 3.85. The highest BCUT2D eigenvalue weighted by Gasteiger charge is 2.15. The van der Waals surface area contributed by atoms with E-state index in [4.69, 9.17) is 9.47 Å². The number of hydrogen-bond acceptors (Lipinski definition) is 4. The van der Waals surface area contributed by atoms with Crippen LogP contribution in [0.2, 0.25) is 0 Å². The molecule has 2 rings (SSSR count). The van der Waals surface area contributed by atoms with Gasteiger partial charge in [0.1, 0.15) is 13.2 Å². The molecule has 0 bridgehead atoms. The Balaban J connectivity index is 1.89. The van der Waals surface area contributed by atoms with Gasteiger partial charge in [0.2, 0.25) is 0 Å². The van der Waals surface area contributed by atoms with Gasteiger partial charge in [-0.2, -0.15) is 0 Å². The van der Waals surface area contributed by atoms with Crippen LogP contribution < -0.4 is 14.8 Å². The van der Waals surface area contributed by atoms with Crippen molar-refractivity contribution in [1.29, 1.82) is 0 Å². The van der Waals surface area contributed by atoms with Gasteiger partial charge in [0.25, 0.3) is 0 Å². The summed E-state index contributed by atoms with van der Waals surface area (Å²) >= 11 is 1.76. The summed E-state index contributed by atoms with van der Waals surface area (Å²) in [5.74, 6) is 1.77. The summed E-state index contributed by atoms with van der Waals surface area (Å²) in [6, 6.07) is 4.23. The van der Waals surface area contributed by atoms with Crippen LogP contribution in [0.5, 0.6) is 11.5 Å². The second-order valence-corrected chi connectivity index (χ2v) is 5.89. The van der Waals surface area contributed by atoms with Crippen LogP contribution in [0.25, 0.3) is 0 Å². The summed E-state index contributed by atoms with van der Waals surface area (Å²) in [4.78, 5) is 1.27. The van der Waals surface area contributed by atoms with Gasteiger partial charge in [0, 0.05) is 11.4 Å². The summed E-state index contributed by atoms with van der Waals surface area (Å²) in [5.41, 5.74) is 1.30. The third kappa shape index (κ3) is 4.32. The minimum Gasteiger partial charge on any atom is -0.486 e. The first-order chi connectivity index (χ1) is 9.85. The zero-order valence-electron chi connectivity index (χ0n) is 12.5. The van der Waals surface area contributed by atoms with Crippen LogP contribution in [0.1, 0.15) is 38.2 Å². The number of nitrogens with one attached hydrogen (secondary N) is 1. The van der Waals surface area contributed by atoms with E-state index in [1.54, 1.807) is 11.8 Å². The molecule has 1 aromatic rings. The van der Waals surface area contributed by atoms with Crippen molar-refractivity contribution in [3.8, 4) is 11.5 Å². The van der Waals surface area contributed by atoms with Crippen LogP contribution in [-0.4, -0.2) is 26.0 Å². The number of thioether (sulfide) groups is 1. The molecular formula is C16H25NO2S. The van der Waals surface area contributed by atoms with Gasteiger partial charge in [0.05, 0.1) is 0 Å². The third-order valence-corrected chi connectivity index (χ3v) is 4.29. The maximum absolute atomic E-state index is 5.66. The molecule has 3 nitrogen and oxygen atoms in total. The van der Waals surface area contributed by atoms with Gasteiger partial charge in [-0.25, -0.2) is 0 Å². The van der Waals surface area contributed by atoms with Crippen molar-refractivity contribution in [1.82, 2.24) is 5.32 Å². The monoisotopic (exact) mass is 295 g/mol. The fourth-order valence-electron chi connectivity index (χ4n) is 2.34. The lowest BCUT2D eigenvalue weighted by atomic mass is 10.1. The van der Waals surface area contributed by atoms with E-state index < -0.39 is 0 Å². The van der Waals surface area contributed by atoms with Crippen LogP contribution in [-0.2, 0) is 6.54 Å². The minimum atomic E-state index is 0.648. The van der Waals surface area contributed by atoms with E-state index in [0.717, 1.165) is 24.6 Å². The van der Waals surface area contributed by atoms with E-state index >= 15 is 0 Å². The van der Waals surface area contributed by atoms with Gasteiger partial charge in [-0.3, -0.25) is 0 Å². The smallest absolute Gasteiger partial charge is 0.162 e. The Hall–Kier alpha value is -0.870. The van der Waals surface area contributed by atoms with Crippen molar-refractivity contribution in [3.05, 3.63) is 17.7 Å². The number of hydrogen-bond donors (Lipinski definition) is 1. The first kappa shape index (κ1) is 15.5. The molecule has 4 heteroatoms. The zero-order valence-corrected chi connectivity index (χ0v) is 13.4. The van der Waals surface area contributed by atoms with Crippen LogP contribution in [0.4, 0.5) is 0 Å². The lowest BCUT2D eigenvalue weighted by Gasteiger charge is -2.21. The van der Waals surface area contributed by atoms with Gasteiger partial charge < -0.3 is 14.8 Å². The zero-order chi connectivity index (χ0) is 14.2. The molecule has 0 saturated heterocycles. The predicted molar refractivity (Wildman–Crippen MR) is 85.1 cm³/mol. The van der Waals surface area contributed by atoms with Gasteiger partial charge in [-0.05, 0) is 36.9 Å². The molecule has 0 amide bonds. The number of unbranched alkanes of at least 4 members (excludes halogenated alkanes) is 3. The summed E-state index contributed by atoms with van der Waals surface area (Å²) < 4.78 is 11.3. The summed E-state index contributed by atoms with van der Waals surface area (Å²) in [5, 5.41) is 3.53. The third-order valence-electron chi connectivity index (χ3n) is 3.47. The summed E-state index contributed by atoms with van der Waals surface area (Å²) in [6.07, 6.45) is 7.31. The van der Waals surface area contributed by atoms with Gasteiger partial charge in [0.15, 0.2) is 11.5 Å². The van der Waals surface area contributed by atoms with E-state index in [-0.39, 0.29) is 0 Å². The SMILES string of the molecule is CCCCCCNCc1cc2c(cc1SC)OCCO2. The number of ether oxygens (including phenoxy) is 2.